The molecule has 2 heterocycles. The number of halogens is 3. The van der Waals surface area contributed by atoms with Gasteiger partial charge in [0.1, 0.15) is 28.5 Å². The lowest BCUT2D eigenvalue weighted by Crippen LogP contribution is -2.14. The van der Waals surface area contributed by atoms with Crippen molar-refractivity contribution in [3.05, 3.63) is 59.4 Å². The summed E-state index contributed by atoms with van der Waals surface area (Å²) in [5.41, 5.74) is 2.37. The highest BCUT2D eigenvalue weighted by molar-refractivity contribution is 8.00. The van der Waals surface area contributed by atoms with Crippen molar-refractivity contribution in [3.8, 4) is 0 Å². The number of amides is 1. The Kier molecular flexibility index (Phi) is 4.67. The van der Waals surface area contributed by atoms with Crippen LogP contribution in [0, 0.1) is 11.6 Å². The Morgan fingerprint density at radius 1 is 1.19 bits per heavy atom. The van der Waals surface area contributed by atoms with E-state index in [9.17, 15) is 13.6 Å². The van der Waals surface area contributed by atoms with Crippen LogP contribution in [-0.4, -0.2) is 26.6 Å². The lowest BCUT2D eigenvalue weighted by molar-refractivity contribution is -0.113. The van der Waals surface area contributed by atoms with E-state index in [-0.39, 0.29) is 22.5 Å². The first-order valence-electron chi connectivity index (χ1n) is 7.81. The summed E-state index contributed by atoms with van der Waals surface area (Å²) in [6.45, 7) is 0. The average Bonchev–Trinajstić information content (AvgIpc) is 3.01. The lowest BCUT2D eigenvalue weighted by atomic mass is 10.2. The first-order chi connectivity index (χ1) is 13.0. The third-order valence-electron chi connectivity index (χ3n) is 3.85. The van der Waals surface area contributed by atoms with Crippen molar-refractivity contribution in [1.82, 2.24) is 15.0 Å². The highest BCUT2D eigenvalue weighted by atomic mass is 35.5. The number of carbonyl (C=O) groups is 1. The van der Waals surface area contributed by atoms with Crippen molar-refractivity contribution in [2.45, 2.75) is 5.03 Å². The van der Waals surface area contributed by atoms with E-state index >= 15 is 0 Å². The van der Waals surface area contributed by atoms with Crippen LogP contribution in [0.3, 0.4) is 0 Å². The number of carbonyl (C=O) groups excluding carboxylic acids is 1. The number of nitrogens with one attached hydrogen (secondary N) is 2. The van der Waals surface area contributed by atoms with Crippen LogP contribution in [0.1, 0.15) is 0 Å². The van der Waals surface area contributed by atoms with E-state index in [1.165, 1.54) is 48.4 Å². The molecule has 0 saturated heterocycles. The third-order valence-corrected chi connectivity index (χ3v) is 5.13. The maximum absolute atomic E-state index is 13.5. The number of thioether (sulfide) groups is 1. The molecule has 27 heavy (non-hydrogen) atoms. The first kappa shape index (κ1) is 17.7. The van der Waals surface area contributed by atoms with Gasteiger partial charge in [0, 0.05) is 16.6 Å². The SMILES string of the molecule is O=C(CSc1ncnc2c1[nH]c1ccc(F)cc12)Nc1ccc(F)c(Cl)c1. The monoisotopic (exact) mass is 404 g/mol. The Morgan fingerprint density at radius 2 is 2.04 bits per heavy atom. The van der Waals surface area contributed by atoms with Gasteiger partial charge in [0.2, 0.25) is 5.91 Å². The molecular formula is C18H11ClF2N4OS. The summed E-state index contributed by atoms with van der Waals surface area (Å²) in [5, 5.41) is 3.81. The van der Waals surface area contributed by atoms with E-state index in [1.807, 2.05) is 0 Å². The number of anilines is 1. The number of nitrogens with zero attached hydrogens (tertiary/aromatic N) is 2. The van der Waals surface area contributed by atoms with E-state index in [0.717, 1.165) is 5.52 Å². The summed E-state index contributed by atoms with van der Waals surface area (Å²) >= 11 is 6.91. The maximum atomic E-state index is 13.5. The second kappa shape index (κ2) is 7.13. The third kappa shape index (κ3) is 3.58. The number of hydrogen-bond donors (Lipinski definition) is 2. The highest BCUT2D eigenvalue weighted by Gasteiger charge is 2.13. The van der Waals surface area contributed by atoms with Gasteiger partial charge in [0.05, 0.1) is 16.3 Å². The van der Waals surface area contributed by atoms with Crippen LogP contribution in [0.5, 0.6) is 0 Å². The Bertz CT molecular complexity index is 1180. The van der Waals surface area contributed by atoms with Gasteiger partial charge in [-0.3, -0.25) is 4.79 Å². The van der Waals surface area contributed by atoms with Crippen molar-refractivity contribution in [3.63, 3.8) is 0 Å². The van der Waals surface area contributed by atoms with E-state index in [4.69, 9.17) is 11.6 Å². The number of benzene rings is 2. The van der Waals surface area contributed by atoms with E-state index in [1.54, 1.807) is 6.07 Å². The zero-order valence-corrected chi connectivity index (χ0v) is 15.2. The minimum absolute atomic E-state index is 0.0664. The molecule has 2 aromatic carbocycles. The molecule has 136 valence electrons. The van der Waals surface area contributed by atoms with Crippen molar-refractivity contribution in [2.24, 2.45) is 0 Å². The van der Waals surface area contributed by atoms with Crippen LogP contribution in [0.4, 0.5) is 14.5 Å². The first-order valence-corrected chi connectivity index (χ1v) is 9.17. The van der Waals surface area contributed by atoms with Crippen LogP contribution < -0.4 is 5.32 Å². The van der Waals surface area contributed by atoms with Gasteiger partial charge in [-0.1, -0.05) is 23.4 Å². The number of hydrogen-bond acceptors (Lipinski definition) is 4. The molecule has 0 aliphatic carbocycles. The molecule has 0 saturated carbocycles. The van der Waals surface area contributed by atoms with E-state index < -0.39 is 5.82 Å². The largest absolute Gasteiger partial charge is 0.351 e. The zero-order valence-electron chi connectivity index (χ0n) is 13.6. The maximum Gasteiger partial charge on any atom is 0.234 e. The summed E-state index contributed by atoms with van der Waals surface area (Å²) in [4.78, 5) is 23.7. The van der Waals surface area contributed by atoms with Crippen LogP contribution in [0.25, 0.3) is 21.9 Å². The minimum atomic E-state index is -0.553. The van der Waals surface area contributed by atoms with Crippen LogP contribution in [0.15, 0.2) is 47.8 Å². The predicted molar refractivity (Wildman–Crippen MR) is 102 cm³/mol. The van der Waals surface area contributed by atoms with E-state index in [0.29, 0.717) is 27.1 Å². The molecule has 0 fully saturated rings. The van der Waals surface area contributed by atoms with Crippen molar-refractivity contribution in [2.75, 3.05) is 11.1 Å². The molecule has 0 aliphatic rings. The molecule has 0 spiro atoms. The molecule has 9 heteroatoms. The zero-order chi connectivity index (χ0) is 19.0. The quantitative estimate of drug-likeness (QED) is 0.379. The standard InChI is InChI=1S/C18H11ClF2N4OS/c19-12-6-10(2-3-13(12)21)24-15(26)7-27-18-17-16(22-8-23-18)11-5-9(20)1-4-14(11)25-17/h1-6,8,25H,7H2,(H,24,26). The Balaban J connectivity index is 1.54. The van der Waals surface area contributed by atoms with E-state index in [2.05, 4.69) is 20.3 Å². The summed E-state index contributed by atoms with van der Waals surface area (Å²) < 4.78 is 26.7. The molecule has 2 aromatic heterocycles. The Morgan fingerprint density at radius 3 is 2.85 bits per heavy atom. The molecule has 0 aliphatic heterocycles. The highest BCUT2D eigenvalue weighted by Crippen LogP contribution is 2.30. The summed E-state index contributed by atoms with van der Waals surface area (Å²) in [6, 6.07) is 8.35. The fourth-order valence-corrected chi connectivity index (χ4v) is 3.59. The van der Waals surface area contributed by atoms with Crippen LogP contribution in [-0.2, 0) is 4.79 Å². The van der Waals surface area contributed by atoms with Crippen molar-refractivity contribution in [1.29, 1.82) is 0 Å². The van der Waals surface area contributed by atoms with Gasteiger partial charge >= 0.3 is 0 Å². The molecule has 4 rings (SSSR count). The molecule has 2 N–H and O–H groups in total. The molecule has 0 radical (unpaired) electrons. The molecule has 0 unspecified atom stereocenters. The fraction of sp³-hybridized carbons (Fsp3) is 0.0556. The summed E-state index contributed by atoms with van der Waals surface area (Å²) in [5.74, 6) is -1.13. The normalized spacial score (nSPS) is 11.2. The summed E-state index contributed by atoms with van der Waals surface area (Å²) in [6.07, 6.45) is 1.38. The smallest absolute Gasteiger partial charge is 0.234 e. The number of H-pyrrole nitrogens is 1. The second-order valence-corrected chi connectivity index (χ2v) is 7.05. The number of aromatic nitrogens is 3. The van der Waals surface area contributed by atoms with Crippen molar-refractivity contribution >= 4 is 56.9 Å². The number of rotatable bonds is 4. The van der Waals surface area contributed by atoms with Gasteiger partial charge in [-0.15, -0.1) is 0 Å². The lowest BCUT2D eigenvalue weighted by Gasteiger charge is -2.06. The second-order valence-electron chi connectivity index (χ2n) is 5.68. The predicted octanol–water partition coefficient (Wildman–Crippen LogP) is 4.77. The fourth-order valence-electron chi connectivity index (χ4n) is 2.66. The van der Waals surface area contributed by atoms with Gasteiger partial charge in [0.15, 0.2) is 0 Å². The van der Waals surface area contributed by atoms with Gasteiger partial charge in [0.25, 0.3) is 0 Å². The Labute approximate surface area is 161 Å². The molecule has 0 atom stereocenters. The molecule has 4 aromatic rings. The van der Waals surface area contributed by atoms with Crippen LogP contribution in [0.2, 0.25) is 5.02 Å². The minimum Gasteiger partial charge on any atom is -0.351 e. The molecule has 1 amide bonds. The number of aromatic amines is 1. The molecule has 0 bridgehead atoms. The molecular weight excluding hydrogens is 394 g/mol. The summed E-state index contributed by atoms with van der Waals surface area (Å²) in [7, 11) is 0. The van der Waals surface area contributed by atoms with Gasteiger partial charge in [-0.2, -0.15) is 0 Å². The average molecular weight is 405 g/mol. The van der Waals surface area contributed by atoms with Gasteiger partial charge in [-0.05, 0) is 36.4 Å². The van der Waals surface area contributed by atoms with Gasteiger partial charge in [-0.25, -0.2) is 18.7 Å². The van der Waals surface area contributed by atoms with Crippen LogP contribution >= 0.6 is 23.4 Å². The Hall–Kier alpha value is -2.71. The topological polar surface area (TPSA) is 70.7 Å². The molecule has 5 nitrogen and oxygen atoms in total. The van der Waals surface area contributed by atoms with Crippen molar-refractivity contribution < 1.29 is 13.6 Å². The number of fused-ring (bicyclic) bond motifs is 3. The van der Waals surface area contributed by atoms with Gasteiger partial charge < -0.3 is 10.3 Å².